The van der Waals surface area contributed by atoms with Gasteiger partial charge in [-0.25, -0.2) is 0 Å². The molecule has 6 heteroatoms. The molecule has 0 bridgehead atoms. The van der Waals surface area contributed by atoms with Crippen LogP contribution in [0.1, 0.15) is 24.0 Å². The average molecular weight is 343 g/mol. The van der Waals surface area contributed by atoms with Crippen LogP contribution in [0.15, 0.2) is 41.6 Å². The van der Waals surface area contributed by atoms with E-state index in [0.29, 0.717) is 43.3 Å². The van der Waals surface area contributed by atoms with Gasteiger partial charge in [0.05, 0.1) is 13.2 Å². The molecule has 3 rings (SSSR count). The van der Waals surface area contributed by atoms with Crippen molar-refractivity contribution >= 4 is 5.71 Å². The smallest absolute Gasteiger partial charge is 0.120 e. The summed E-state index contributed by atoms with van der Waals surface area (Å²) < 4.78 is 11.2. The number of ether oxygens (including phenoxy) is 2. The van der Waals surface area contributed by atoms with Gasteiger partial charge in [0.15, 0.2) is 0 Å². The first-order valence-electron chi connectivity index (χ1n) is 8.27. The molecule has 6 nitrogen and oxygen atoms in total. The lowest BCUT2D eigenvalue weighted by Crippen LogP contribution is -2.03. The molecule has 25 heavy (non-hydrogen) atoms. The number of aliphatic hydroxyl groups excluding tert-OH is 2. The molecule has 0 aliphatic heterocycles. The molecular weight excluding hydrogens is 322 g/mol. The Morgan fingerprint density at radius 3 is 1.60 bits per heavy atom. The van der Waals surface area contributed by atoms with Gasteiger partial charge in [-0.3, -0.25) is 0 Å². The first kappa shape index (κ1) is 17.3. The maximum atomic E-state index is 9.51. The fraction of sp³-hybridized carbons (Fsp3) is 0.316. The first-order chi connectivity index (χ1) is 12.3. The summed E-state index contributed by atoms with van der Waals surface area (Å²) in [6.07, 6.45) is 1.12. The largest absolute Gasteiger partial charge is 0.493 e. The molecule has 0 saturated heterocycles. The van der Waals surface area contributed by atoms with Crippen LogP contribution in [0.4, 0.5) is 0 Å². The Labute approximate surface area is 145 Å². The van der Waals surface area contributed by atoms with Gasteiger partial charge in [0.1, 0.15) is 17.2 Å². The van der Waals surface area contributed by atoms with Crippen LogP contribution in [-0.4, -0.2) is 47.6 Å². The normalized spacial score (nSPS) is 11.8. The van der Waals surface area contributed by atoms with Crippen molar-refractivity contribution in [1.82, 2.24) is 0 Å². The maximum Gasteiger partial charge on any atom is 0.120 e. The lowest BCUT2D eigenvalue weighted by molar-refractivity contribution is 0.233. The number of rotatable bonds is 8. The molecule has 0 unspecified atom stereocenters. The van der Waals surface area contributed by atoms with Crippen LogP contribution in [-0.2, 0) is 0 Å². The molecule has 132 valence electrons. The van der Waals surface area contributed by atoms with Crippen LogP contribution in [0, 0.1) is 0 Å². The summed E-state index contributed by atoms with van der Waals surface area (Å²) in [7, 11) is 0. The van der Waals surface area contributed by atoms with Gasteiger partial charge in [-0.1, -0.05) is 5.16 Å². The Bertz CT molecular complexity index is 711. The van der Waals surface area contributed by atoms with E-state index in [1.54, 1.807) is 0 Å². The quantitative estimate of drug-likeness (QED) is 0.332. The Morgan fingerprint density at radius 1 is 0.720 bits per heavy atom. The fourth-order valence-electron chi connectivity index (χ4n) is 2.85. The van der Waals surface area contributed by atoms with Gasteiger partial charge < -0.3 is 24.9 Å². The summed E-state index contributed by atoms with van der Waals surface area (Å²) in [5.41, 5.74) is 4.02. The standard InChI is InChI=1S/C19H21NO5/c21-7-1-9-24-13-3-5-15-16-6-4-14(25-10-2-8-22)12-18(16)19(20-23)17(15)11-13/h3-6,11-12,21-23H,1-2,7-10H2. The van der Waals surface area contributed by atoms with Crippen molar-refractivity contribution in [3.05, 3.63) is 47.5 Å². The Morgan fingerprint density at radius 2 is 1.20 bits per heavy atom. The second-order valence-electron chi connectivity index (χ2n) is 5.71. The molecule has 2 aromatic carbocycles. The van der Waals surface area contributed by atoms with Gasteiger partial charge >= 0.3 is 0 Å². The van der Waals surface area contributed by atoms with Crippen LogP contribution < -0.4 is 9.47 Å². The molecule has 0 radical (unpaired) electrons. The van der Waals surface area contributed by atoms with Crippen molar-refractivity contribution in [3.8, 4) is 22.6 Å². The maximum absolute atomic E-state index is 9.51. The van der Waals surface area contributed by atoms with Crippen molar-refractivity contribution in [2.75, 3.05) is 26.4 Å². The van der Waals surface area contributed by atoms with E-state index in [1.165, 1.54) is 0 Å². The number of nitrogens with zero attached hydrogens (tertiary/aromatic N) is 1. The van der Waals surface area contributed by atoms with Crippen LogP contribution >= 0.6 is 0 Å². The predicted octanol–water partition coefficient (Wildman–Crippen LogP) is 2.42. The number of fused-ring (bicyclic) bond motifs is 3. The Balaban J connectivity index is 1.87. The van der Waals surface area contributed by atoms with E-state index in [1.807, 2.05) is 36.4 Å². The summed E-state index contributed by atoms with van der Waals surface area (Å²) in [4.78, 5) is 0. The molecule has 1 aliphatic rings. The lowest BCUT2D eigenvalue weighted by atomic mass is 10.1. The van der Waals surface area contributed by atoms with Gasteiger partial charge in [-0.05, 0) is 47.5 Å². The monoisotopic (exact) mass is 343 g/mol. The van der Waals surface area contributed by atoms with Crippen molar-refractivity contribution in [2.45, 2.75) is 12.8 Å². The topological polar surface area (TPSA) is 91.5 Å². The minimum Gasteiger partial charge on any atom is -0.493 e. The van der Waals surface area contributed by atoms with Crippen molar-refractivity contribution in [1.29, 1.82) is 0 Å². The Kier molecular flexibility index (Phi) is 5.53. The molecule has 3 N–H and O–H groups in total. The zero-order chi connectivity index (χ0) is 17.6. The number of oxime groups is 1. The summed E-state index contributed by atoms with van der Waals surface area (Å²) in [6, 6.07) is 11.3. The molecule has 1 aliphatic carbocycles. The zero-order valence-electron chi connectivity index (χ0n) is 13.8. The van der Waals surface area contributed by atoms with E-state index >= 15 is 0 Å². The van der Waals surface area contributed by atoms with Gasteiger partial charge in [0, 0.05) is 37.2 Å². The predicted molar refractivity (Wildman–Crippen MR) is 93.7 cm³/mol. The average Bonchev–Trinajstić information content (AvgIpc) is 2.94. The van der Waals surface area contributed by atoms with E-state index in [2.05, 4.69) is 5.16 Å². The van der Waals surface area contributed by atoms with Gasteiger partial charge in [-0.2, -0.15) is 0 Å². The summed E-state index contributed by atoms with van der Waals surface area (Å²) >= 11 is 0. The number of hydrogen-bond acceptors (Lipinski definition) is 6. The molecule has 0 heterocycles. The van der Waals surface area contributed by atoms with Gasteiger partial charge in [0.2, 0.25) is 0 Å². The van der Waals surface area contributed by atoms with E-state index in [4.69, 9.17) is 19.7 Å². The van der Waals surface area contributed by atoms with E-state index < -0.39 is 0 Å². The molecule has 0 aromatic heterocycles. The lowest BCUT2D eigenvalue weighted by Gasteiger charge is -2.07. The van der Waals surface area contributed by atoms with Crippen molar-refractivity contribution < 1.29 is 24.9 Å². The van der Waals surface area contributed by atoms with Crippen LogP contribution in [0.5, 0.6) is 11.5 Å². The highest BCUT2D eigenvalue weighted by Gasteiger charge is 2.26. The highest BCUT2D eigenvalue weighted by Crippen LogP contribution is 2.40. The molecule has 0 spiro atoms. The van der Waals surface area contributed by atoms with Crippen LogP contribution in [0.2, 0.25) is 0 Å². The van der Waals surface area contributed by atoms with E-state index in [9.17, 15) is 5.21 Å². The molecule has 0 saturated carbocycles. The number of aliphatic hydroxyl groups is 2. The minimum absolute atomic E-state index is 0.0821. The van der Waals surface area contributed by atoms with Crippen LogP contribution in [0.3, 0.4) is 0 Å². The van der Waals surface area contributed by atoms with E-state index in [0.717, 1.165) is 22.3 Å². The highest BCUT2D eigenvalue weighted by molar-refractivity contribution is 6.24. The Hall–Kier alpha value is -2.57. The van der Waals surface area contributed by atoms with E-state index in [-0.39, 0.29) is 13.2 Å². The molecule has 0 fully saturated rings. The molecular formula is C19H21NO5. The third kappa shape index (κ3) is 3.60. The third-order valence-electron chi connectivity index (χ3n) is 4.02. The minimum atomic E-state index is 0.0821. The first-order valence-corrected chi connectivity index (χ1v) is 8.27. The molecule has 2 aromatic rings. The van der Waals surface area contributed by atoms with Crippen molar-refractivity contribution in [2.24, 2.45) is 5.16 Å². The number of hydrogen-bond donors (Lipinski definition) is 3. The fourth-order valence-corrected chi connectivity index (χ4v) is 2.85. The highest BCUT2D eigenvalue weighted by atomic mass is 16.5. The zero-order valence-corrected chi connectivity index (χ0v) is 13.8. The van der Waals surface area contributed by atoms with Gasteiger partial charge in [-0.15, -0.1) is 0 Å². The molecule has 0 atom stereocenters. The van der Waals surface area contributed by atoms with Crippen LogP contribution in [0.25, 0.3) is 11.1 Å². The second-order valence-corrected chi connectivity index (χ2v) is 5.71. The second kappa shape index (κ2) is 8.00. The summed E-state index contributed by atoms with van der Waals surface area (Å²) in [5, 5.41) is 30.7. The summed E-state index contributed by atoms with van der Waals surface area (Å²) in [5.74, 6) is 1.33. The summed E-state index contributed by atoms with van der Waals surface area (Å²) in [6.45, 7) is 1.02. The van der Waals surface area contributed by atoms with Gasteiger partial charge in [0.25, 0.3) is 0 Å². The third-order valence-corrected chi connectivity index (χ3v) is 4.02. The number of benzene rings is 2. The van der Waals surface area contributed by atoms with Crippen molar-refractivity contribution in [3.63, 3.8) is 0 Å². The molecule has 0 amide bonds. The SMILES string of the molecule is OCCCOc1ccc2c(c1)C(=NO)c1cc(OCCCO)ccc1-2.